The maximum Gasteiger partial charge on any atom is 0.325 e. The Kier molecular flexibility index (Phi) is 2.97. The molecule has 0 bridgehead atoms. The van der Waals surface area contributed by atoms with Crippen molar-refractivity contribution < 1.29 is 9.59 Å². The average Bonchev–Trinajstić information content (AvgIpc) is 2.93. The number of urea groups is 1. The lowest BCUT2D eigenvalue weighted by molar-refractivity contribution is -0.126. The van der Waals surface area contributed by atoms with Crippen LogP contribution in [0.4, 0.5) is 4.79 Å². The summed E-state index contributed by atoms with van der Waals surface area (Å²) in [6.45, 7) is 0.429. The van der Waals surface area contributed by atoms with E-state index in [1.54, 1.807) is 11.0 Å². The summed E-state index contributed by atoms with van der Waals surface area (Å²) < 4.78 is 0. The van der Waals surface area contributed by atoms with E-state index in [1.165, 1.54) is 0 Å². The molecule has 1 N–H and O–H groups in total. The highest BCUT2D eigenvalue weighted by Gasteiger charge is 2.53. The second-order valence-corrected chi connectivity index (χ2v) is 5.65. The van der Waals surface area contributed by atoms with Crippen LogP contribution in [0, 0.1) is 0 Å². The summed E-state index contributed by atoms with van der Waals surface area (Å²) in [6.07, 6.45) is 3.50. The van der Waals surface area contributed by atoms with E-state index >= 15 is 0 Å². The Morgan fingerprint density at radius 1 is 1.26 bits per heavy atom. The molecule has 1 heterocycles. The van der Waals surface area contributed by atoms with Gasteiger partial charge in [-0.05, 0) is 30.5 Å². The Hall–Kier alpha value is -1.55. The van der Waals surface area contributed by atoms with Crippen molar-refractivity contribution in [3.05, 3.63) is 34.9 Å². The van der Waals surface area contributed by atoms with E-state index < -0.39 is 5.54 Å². The van der Waals surface area contributed by atoms with Gasteiger partial charge in [0.2, 0.25) is 0 Å². The first kappa shape index (κ1) is 12.5. The van der Waals surface area contributed by atoms with Gasteiger partial charge in [-0.1, -0.05) is 36.6 Å². The first-order valence-corrected chi connectivity index (χ1v) is 6.87. The van der Waals surface area contributed by atoms with Gasteiger partial charge in [-0.2, -0.15) is 0 Å². The van der Waals surface area contributed by atoms with Crippen molar-refractivity contribution in [1.82, 2.24) is 10.2 Å². The number of carbonyl (C=O) groups excluding carboxylic acids is 2. The summed E-state index contributed by atoms with van der Waals surface area (Å²) >= 11 is 5.96. The quantitative estimate of drug-likeness (QED) is 0.846. The van der Waals surface area contributed by atoms with Gasteiger partial charge in [-0.3, -0.25) is 10.1 Å². The average molecular weight is 279 g/mol. The van der Waals surface area contributed by atoms with Gasteiger partial charge in [0.25, 0.3) is 5.91 Å². The summed E-state index contributed by atoms with van der Waals surface area (Å²) in [5, 5.41) is 3.09. The van der Waals surface area contributed by atoms with Crippen molar-refractivity contribution in [3.8, 4) is 0 Å². The second kappa shape index (κ2) is 4.53. The Morgan fingerprint density at radius 2 is 2.00 bits per heavy atom. The van der Waals surface area contributed by atoms with Gasteiger partial charge < -0.3 is 4.90 Å². The van der Waals surface area contributed by atoms with Crippen LogP contribution in [0.25, 0.3) is 0 Å². The third-order valence-electron chi connectivity index (χ3n) is 4.07. The zero-order valence-corrected chi connectivity index (χ0v) is 11.2. The predicted octanol–water partition coefficient (Wildman–Crippen LogP) is 2.70. The van der Waals surface area contributed by atoms with Crippen molar-refractivity contribution in [2.45, 2.75) is 37.8 Å². The second-order valence-electron chi connectivity index (χ2n) is 5.21. The number of halogens is 1. The van der Waals surface area contributed by atoms with Crippen LogP contribution in [0.1, 0.15) is 31.2 Å². The highest BCUT2D eigenvalue weighted by Crippen LogP contribution is 2.39. The van der Waals surface area contributed by atoms with Crippen molar-refractivity contribution in [1.29, 1.82) is 0 Å². The van der Waals surface area contributed by atoms with Crippen LogP contribution >= 0.6 is 11.6 Å². The highest BCUT2D eigenvalue weighted by molar-refractivity contribution is 6.30. The first-order chi connectivity index (χ1) is 9.12. The summed E-state index contributed by atoms with van der Waals surface area (Å²) in [4.78, 5) is 25.7. The van der Waals surface area contributed by atoms with E-state index in [0.29, 0.717) is 11.6 Å². The number of rotatable bonds is 2. The standard InChI is InChI=1S/C14H15ClN2O2/c15-11-5-3-4-10(8-11)9-17-13(19)16-12(18)14(17)6-1-2-7-14/h3-5,8H,1-2,6-7,9H2,(H,16,18,19). The first-order valence-electron chi connectivity index (χ1n) is 6.49. The monoisotopic (exact) mass is 278 g/mol. The number of nitrogens with one attached hydrogen (secondary N) is 1. The topological polar surface area (TPSA) is 49.4 Å². The molecule has 1 spiro atoms. The van der Waals surface area contributed by atoms with Crippen LogP contribution in [0.15, 0.2) is 24.3 Å². The molecular formula is C14H15ClN2O2. The molecule has 0 radical (unpaired) electrons. The normalized spacial score (nSPS) is 21.2. The minimum Gasteiger partial charge on any atom is -0.305 e. The van der Waals surface area contributed by atoms with E-state index in [9.17, 15) is 9.59 Å². The summed E-state index contributed by atoms with van der Waals surface area (Å²) in [6, 6.07) is 7.12. The maximum absolute atomic E-state index is 12.1. The molecule has 1 saturated carbocycles. The van der Waals surface area contributed by atoms with Crippen molar-refractivity contribution in [3.63, 3.8) is 0 Å². The molecular weight excluding hydrogens is 264 g/mol. The molecule has 0 atom stereocenters. The van der Waals surface area contributed by atoms with E-state index in [0.717, 1.165) is 31.2 Å². The van der Waals surface area contributed by atoms with Gasteiger partial charge in [0.05, 0.1) is 0 Å². The summed E-state index contributed by atoms with van der Waals surface area (Å²) in [5.41, 5.74) is 0.322. The predicted molar refractivity (Wildman–Crippen MR) is 71.7 cm³/mol. The number of nitrogens with zero attached hydrogens (tertiary/aromatic N) is 1. The Labute approximate surface area is 116 Å². The van der Waals surface area contributed by atoms with Crippen LogP contribution in [0.3, 0.4) is 0 Å². The number of hydrogen-bond donors (Lipinski definition) is 1. The fourth-order valence-electron chi connectivity index (χ4n) is 3.10. The molecule has 1 aliphatic heterocycles. The van der Waals surface area contributed by atoms with E-state index in [4.69, 9.17) is 11.6 Å². The fourth-order valence-corrected chi connectivity index (χ4v) is 3.31. The molecule has 2 fully saturated rings. The summed E-state index contributed by atoms with van der Waals surface area (Å²) in [5.74, 6) is -0.142. The molecule has 3 amide bonds. The molecule has 3 rings (SSSR count). The van der Waals surface area contributed by atoms with E-state index in [1.807, 2.05) is 18.2 Å². The SMILES string of the molecule is O=C1NC(=O)C2(CCCC2)N1Cc1cccc(Cl)c1. The molecule has 19 heavy (non-hydrogen) atoms. The number of hydrogen-bond acceptors (Lipinski definition) is 2. The molecule has 0 unspecified atom stereocenters. The molecule has 1 aromatic rings. The van der Waals surface area contributed by atoms with Crippen LogP contribution in [0.2, 0.25) is 5.02 Å². The lowest BCUT2D eigenvalue weighted by Gasteiger charge is -2.31. The number of carbonyl (C=O) groups is 2. The van der Waals surface area contributed by atoms with Crippen LogP contribution in [0.5, 0.6) is 0 Å². The van der Waals surface area contributed by atoms with E-state index in [-0.39, 0.29) is 11.9 Å². The van der Waals surface area contributed by atoms with Gasteiger partial charge >= 0.3 is 6.03 Å². The minimum atomic E-state index is -0.626. The van der Waals surface area contributed by atoms with Crippen molar-refractivity contribution in [2.75, 3.05) is 0 Å². The number of amides is 3. The van der Waals surface area contributed by atoms with Gasteiger partial charge in [0.15, 0.2) is 0 Å². The molecule has 1 aliphatic carbocycles. The highest BCUT2D eigenvalue weighted by atomic mass is 35.5. The van der Waals surface area contributed by atoms with Crippen molar-refractivity contribution in [2.24, 2.45) is 0 Å². The van der Waals surface area contributed by atoms with Gasteiger partial charge in [0, 0.05) is 11.6 Å². The smallest absolute Gasteiger partial charge is 0.305 e. The van der Waals surface area contributed by atoms with Gasteiger partial charge in [0.1, 0.15) is 5.54 Å². The lowest BCUT2D eigenvalue weighted by atomic mass is 9.95. The molecule has 1 saturated heterocycles. The Balaban J connectivity index is 1.90. The fraction of sp³-hybridized carbons (Fsp3) is 0.429. The molecule has 100 valence electrons. The van der Waals surface area contributed by atoms with Crippen LogP contribution in [-0.4, -0.2) is 22.4 Å². The molecule has 0 aromatic heterocycles. The van der Waals surface area contributed by atoms with Gasteiger partial charge in [-0.15, -0.1) is 0 Å². The molecule has 2 aliphatic rings. The number of benzene rings is 1. The van der Waals surface area contributed by atoms with Gasteiger partial charge in [-0.25, -0.2) is 4.79 Å². The zero-order valence-electron chi connectivity index (χ0n) is 10.5. The Bertz CT molecular complexity index is 538. The van der Waals surface area contributed by atoms with Crippen molar-refractivity contribution >= 4 is 23.5 Å². The number of imide groups is 1. The molecule has 4 nitrogen and oxygen atoms in total. The molecule has 5 heteroatoms. The Morgan fingerprint density at radius 3 is 2.68 bits per heavy atom. The third-order valence-corrected chi connectivity index (χ3v) is 4.30. The lowest BCUT2D eigenvalue weighted by Crippen LogP contribution is -2.46. The maximum atomic E-state index is 12.1. The van der Waals surface area contributed by atoms with Crippen LogP contribution < -0.4 is 5.32 Å². The largest absolute Gasteiger partial charge is 0.325 e. The molecule has 1 aromatic carbocycles. The van der Waals surface area contributed by atoms with Crippen LogP contribution in [-0.2, 0) is 11.3 Å². The third kappa shape index (κ3) is 2.00. The minimum absolute atomic E-state index is 0.142. The van der Waals surface area contributed by atoms with E-state index in [2.05, 4.69) is 5.32 Å². The summed E-state index contributed by atoms with van der Waals surface area (Å²) in [7, 11) is 0. The zero-order chi connectivity index (χ0) is 13.5.